The number of aromatic nitrogens is 2. The molecule has 1 amide bonds. The monoisotopic (exact) mass is 383 g/mol. The maximum atomic E-state index is 12.3. The molecule has 0 spiro atoms. The second-order valence-electron chi connectivity index (χ2n) is 6.06. The van der Waals surface area contributed by atoms with Crippen LogP contribution in [0, 0.1) is 0 Å². The van der Waals surface area contributed by atoms with Crippen LogP contribution in [0.5, 0.6) is 5.75 Å². The minimum absolute atomic E-state index is 0.0495. The summed E-state index contributed by atoms with van der Waals surface area (Å²) in [6, 6.07) is 13.2. The van der Waals surface area contributed by atoms with Gasteiger partial charge in [0.25, 0.3) is 5.91 Å². The van der Waals surface area contributed by atoms with E-state index in [9.17, 15) is 4.79 Å². The van der Waals surface area contributed by atoms with E-state index in [1.807, 2.05) is 49.6 Å². The van der Waals surface area contributed by atoms with E-state index in [4.69, 9.17) is 9.26 Å². The van der Waals surface area contributed by atoms with E-state index in [2.05, 4.69) is 15.5 Å². The molecular formula is C20H21N3O3S. The lowest BCUT2D eigenvalue weighted by molar-refractivity contribution is 0.0930. The van der Waals surface area contributed by atoms with E-state index in [-0.39, 0.29) is 24.2 Å². The SMILES string of the molecule is CSc1ccccc1OCc1cc(C(=O)NC(C)Cc2cccnc2)no1. The molecule has 0 saturated carbocycles. The summed E-state index contributed by atoms with van der Waals surface area (Å²) in [4.78, 5) is 17.5. The number of amides is 1. The Bertz CT molecular complexity index is 883. The Balaban J connectivity index is 1.54. The molecule has 27 heavy (non-hydrogen) atoms. The highest BCUT2D eigenvalue weighted by molar-refractivity contribution is 7.98. The largest absolute Gasteiger partial charge is 0.484 e. The molecule has 1 N–H and O–H groups in total. The van der Waals surface area contributed by atoms with Gasteiger partial charge in [-0.15, -0.1) is 11.8 Å². The lowest BCUT2D eigenvalue weighted by Gasteiger charge is -2.12. The standard InChI is InChI=1S/C20H21N3O3S/c1-14(10-15-6-5-9-21-12-15)22-20(24)17-11-16(26-23-17)13-25-18-7-3-4-8-19(18)27-2/h3-9,11-12,14H,10,13H2,1-2H3,(H,22,24). The number of carbonyl (C=O) groups is 1. The number of carbonyl (C=O) groups excluding carboxylic acids is 1. The van der Waals surface area contributed by atoms with Crippen LogP contribution in [0.3, 0.4) is 0 Å². The lowest BCUT2D eigenvalue weighted by atomic mass is 10.1. The van der Waals surface area contributed by atoms with Crippen LogP contribution in [0.2, 0.25) is 0 Å². The first kappa shape index (κ1) is 19.0. The quantitative estimate of drug-likeness (QED) is 0.597. The predicted octanol–water partition coefficient (Wildman–Crippen LogP) is 3.73. The molecule has 2 aromatic heterocycles. The number of hydrogen-bond acceptors (Lipinski definition) is 6. The fourth-order valence-electron chi connectivity index (χ4n) is 2.60. The van der Waals surface area contributed by atoms with Crippen LogP contribution in [0.1, 0.15) is 28.7 Å². The first-order valence-corrected chi connectivity index (χ1v) is 9.79. The molecule has 6 nitrogen and oxygen atoms in total. The van der Waals surface area contributed by atoms with Crippen molar-refractivity contribution in [1.82, 2.24) is 15.5 Å². The van der Waals surface area contributed by atoms with Gasteiger partial charge in [-0.3, -0.25) is 9.78 Å². The van der Waals surface area contributed by atoms with Crippen LogP contribution in [0.4, 0.5) is 0 Å². The zero-order chi connectivity index (χ0) is 19.1. The number of benzene rings is 1. The van der Waals surface area contributed by atoms with Gasteiger partial charge in [-0.2, -0.15) is 0 Å². The zero-order valence-corrected chi connectivity index (χ0v) is 16.0. The molecule has 1 unspecified atom stereocenters. The van der Waals surface area contributed by atoms with E-state index in [0.717, 1.165) is 16.2 Å². The molecule has 0 aliphatic heterocycles. The molecule has 0 saturated heterocycles. The van der Waals surface area contributed by atoms with Crippen molar-refractivity contribution in [2.75, 3.05) is 6.26 Å². The van der Waals surface area contributed by atoms with Crippen LogP contribution >= 0.6 is 11.8 Å². The average molecular weight is 383 g/mol. The van der Waals surface area contributed by atoms with E-state index in [0.29, 0.717) is 12.2 Å². The van der Waals surface area contributed by atoms with Crippen LogP contribution in [-0.4, -0.2) is 28.3 Å². The summed E-state index contributed by atoms with van der Waals surface area (Å²) < 4.78 is 11.0. The van der Waals surface area contributed by atoms with Gasteiger partial charge in [-0.05, 0) is 43.4 Å². The van der Waals surface area contributed by atoms with Crippen LogP contribution in [0.15, 0.2) is 64.3 Å². The third-order valence-electron chi connectivity index (χ3n) is 3.87. The Hall–Kier alpha value is -2.80. The van der Waals surface area contributed by atoms with Gasteiger partial charge >= 0.3 is 0 Å². The van der Waals surface area contributed by atoms with Gasteiger partial charge in [0, 0.05) is 29.4 Å². The predicted molar refractivity (Wildman–Crippen MR) is 104 cm³/mol. The van der Waals surface area contributed by atoms with Crippen molar-refractivity contribution in [2.24, 2.45) is 0 Å². The molecule has 3 rings (SSSR count). The molecule has 0 fully saturated rings. The van der Waals surface area contributed by atoms with E-state index < -0.39 is 0 Å². The first-order chi connectivity index (χ1) is 13.2. The van der Waals surface area contributed by atoms with Crippen molar-refractivity contribution in [3.8, 4) is 5.75 Å². The molecular weight excluding hydrogens is 362 g/mol. The fourth-order valence-corrected chi connectivity index (χ4v) is 3.14. The van der Waals surface area contributed by atoms with Crippen molar-refractivity contribution in [3.05, 3.63) is 71.9 Å². The minimum atomic E-state index is -0.272. The summed E-state index contributed by atoms with van der Waals surface area (Å²) in [5.74, 6) is 0.999. The number of thioether (sulfide) groups is 1. The molecule has 0 bridgehead atoms. The molecule has 1 atom stereocenters. The van der Waals surface area contributed by atoms with Crippen LogP contribution in [-0.2, 0) is 13.0 Å². The molecule has 1 aromatic carbocycles. The number of rotatable bonds is 8. The van der Waals surface area contributed by atoms with Gasteiger partial charge in [-0.25, -0.2) is 0 Å². The van der Waals surface area contributed by atoms with Gasteiger partial charge in [0.2, 0.25) is 0 Å². The fraction of sp³-hybridized carbons (Fsp3) is 0.250. The number of nitrogens with zero attached hydrogens (tertiary/aromatic N) is 2. The summed E-state index contributed by atoms with van der Waals surface area (Å²) in [6.45, 7) is 2.15. The highest BCUT2D eigenvalue weighted by Crippen LogP contribution is 2.27. The first-order valence-electron chi connectivity index (χ1n) is 8.57. The maximum absolute atomic E-state index is 12.3. The van der Waals surface area contributed by atoms with Gasteiger partial charge in [0.1, 0.15) is 12.4 Å². The highest BCUT2D eigenvalue weighted by Gasteiger charge is 2.16. The minimum Gasteiger partial charge on any atom is -0.484 e. The van der Waals surface area contributed by atoms with E-state index >= 15 is 0 Å². The second kappa shape index (κ2) is 9.23. The normalized spacial score (nSPS) is 11.8. The van der Waals surface area contributed by atoms with Crippen molar-refractivity contribution >= 4 is 17.7 Å². The van der Waals surface area contributed by atoms with Crippen LogP contribution in [0.25, 0.3) is 0 Å². The summed E-state index contributed by atoms with van der Waals surface area (Å²) in [5.41, 5.74) is 1.30. The Labute approximate surface area is 162 Å². The molecule has 0 radical (unpaired) electrons. The number of pyridine rings is 1. The second-order valence-corrected chi connectivity index (χ2v) is 6.91. The lowest BCUT2D eigenvalue weighted by Crippen LogP contribution is -2.34. The number of ether oxygens (including phenoxy) is 1. The van der Waals surface area contributed by atoms with Gasteiger partial charge in [0.15, 0.2) is 11.5 Å². The van der Waals surface area contributed by atoms with Crippen molar-refractivity contribution in [1.29, 1.82) is 0 Å². The number of para-hydroxylation sites is 1. The molecule has 7 heteroatoms. The van der Waals surface area contributed by atoms with Gasteiger partial charge in [-0.1, -0.05) is 23.4 Å². The Morgan fingerprint density at radius 1 is 1.30 bits per heavy atom. The number of nitrogens with one attached hydrogen (secondary N) is 1. The molecule has 0 aliphatic carbocycles. The van der Waals surface area contributed by atoms with Crippen molar-refractivity contribution < 1.29 is 14.1 Å². The Morgan fingerprint density at radius 3 is 2.93 bits per heavy atom. The van der Waals surface area contributed by atoms with Gasteiger partial charge in [0.05, 0.1) is 0 Å². The molecule has 2 heterocycles. The average Bonchev–Trinajstić information content (AvgIpc) is 3.16. The molecule has 3 aromatic rings. The summed E-state index contributed by atoms with van der Waals surface area (Å²) in [5, 5.41) is 6.76. The smallest absolute Gasteiger partial charge is 0.273 e. The third kappa shape index (κ3) is 5.34. The van der Waals surface area contributed by atoms with E-state index in [1.54, 1.807) is 30.2 Å². The van der Waals surface area contributed by atoms with Crippen LogP contribution < -0.4 is 10.1 Å². The summed E-state index contributed by atoms with van der Waals surface area (Å²) in [6.07, 6.45) is 6.20. The van der Waals surface area contributed by atoms with Crippen molar-refractivity contribution in [2.45, 2.75) is 30.9 Å². The Kier molecular flexibility index (Phi) is 6.49. The van der Waals surface area contributed by atoms with Gasteiger partial charge < -0.3 is 14.6 Å². The summed E-state index contributed by atoms with van der Waals surface area (Å²) >= 11 is 1.61. The Morgan fingerprint density at radius 2 is 2.15 bits per heavy atom. The molecule has 140 valence electrons. The molecule has 0 aliphatic rings. The van der Waals surface area contributed by atoms with Crippen molar-refractivity contribution in [3.63, 3.8) is 0 Å². The zero-order valence-electron chi connectivity index (χ0n) is 15.2. The topological polar surface area (TPSA) is 77.2 Å². The highest BCUT2D eigenvalue weighted by atomic mass is 32.2. The number of hydrogen-bond donors (Lipinski definition) is 1. The summed E-state index contributed by atoms with van der Waals surface area (Å²) in [7, 11) is 0. The third-order valence-corrected chi connectivity index (χ3v) is 4.65. The van der Waals surface area contributed by atoms with E-state index in [1.165, 1.54) is 0 Å². The maximum Gasteiger partial charge on any atom is 0.273 e.